The van der Waals surface area contributed by atoms with Crippen LogP contribution in [0, 0.1) is 0 Å². The first-order chi connectivity index (χ1) is 10.2. The first-order valence-electron chi connectivity index (χ1n) is 7.99. The van der Waals surface area contributed by atoms with E-state index in [2.05, 4.69) is 18.0 Å². The molecular formula is C16H21ClN4. The molecule has 1 saturated heterocycles. The Labute approximate surface area is 130 Å². The van der Waals surface area contributed by atoms with E-state index in [0.29, 0.717) is 17.1 Å². The van der Waals surface area contributed by atoms with Crippen LogP contribution < -0.4 is 0 Å². The van der Waals surface area contributed by atoms with Gasteiger partial charge in [-0.25, -0.2) is 9.50 Å². The maximum atomic E-state index is 6.42. The average Bonchev–Trinajstić information content (AvgIpc) is 2.81. The normalized spacial score (nSPS) is 24.4. The lowest BCUT2D eigenvalue weighted by molar-refractivity contribution is 0.183. The Morgan fingerprint density at radius 3 is 2.67 bits per heavy atom. The number of piperidine rings is 1. The largest absolute Gasteiger partial charge is 0.298 e. The number of aromatic nitrogens is 3. The number of halogens is 1. The van der Waals surface area contributed by atoms with Crippen molar-refractivity contribution in [2.75, 3.05) is 13.6 Å². The van der Waals surface area contributed by atoms with Crippen molar-refractivity contribution in [3.05, 3.63) is 28.7 Å². The molecule has 4 rings (SSSR count). The summed E-state index contributed by atoms with van der Waals surface area (Å²) in [6, 6.07) is 4.53. The molecule has 21 heavy (non-hydrogen) atoms. The second-order valence-corrected chi connectivity index (χ2v) is 6.85. The maximum absolute atomic E-state index is 6.42. The summed E-state index contributed by atoms with van der Waals surface area (Å²) in [6.07, 6.45) is 7.53. The van der Waals surface area contributed by atoms with Crippen molar-refractivity contribution < 1.29 is 0 Å². The molecule has 2 aromatic rings. The van der Waals surface area contributed by atoms with Crippen molar-refractivity contribution >= 4 is 17.2 Å². The Bertz CT molecular complexity index is 662. The fourth-order valence-corrected chi connectivity index (χ4v) is 3.73. The Balaban J connectivity index is 1.73. The van der Waals surface area contributed by atoms with Crippen LogP contribution in [0.4, 0.5) is 0 Å². The molecule has 2 fully saturated rings. The Kier molecular flexibility index (Phi) is 3.38. The van der Waals surface area contributed by atoms with Crippen molar-refractivity contribution in [3.8, 4) is 0 Å². The SMILES string of the molecule is CN1CCCCC1c1cc2nc(C3CCC3)cc(Cl)n2n1. The van der Waals surface area contributed by atoms with E-state index in [1.54, 1.807) is 4.52 Å². The summed E-state index contributed by atoms with van der Waals surface area (Å²) < 4.78 is 1.79. The zero-order valence-electron chi connectivity index (χ0n) is 12.4. The molecule has 3 heterocycles. The summed E-state index contributed by atoms with van der Waals surface area (Å²) in [5.41, 5.74) is 3.15. The predicted molar refractivity (Wildman–Crippen MR) is 83.8 cm³/mol. The van der Waals surface area contributed by atoms with Gasteiger partial charge in [-0.05, 0) is 45.3 Å². The van der Waals surface area contributed by atoms with Crippen LogP contribution in [0.25, 0.3) is 5.65 Å². The lowest BCUT2D eigenvalue weighted by Gasteiger charge is -2.30. The van der Waals surface area contributed by atoms with E-state index in [4.69, 9.17) is 21.7 Å². The van der Waals surface area contributed by atoms with Gasteiger partial charge in [0, 0.05) is 17.7 Å². The highest BCUT2D eigenvalue weighted by molar-refractivity contribution is 6.29. The summed E-state index contributed by atoms with van der Waals surface area (Å²) >= 11 is 6.42. The minimum Gasteiger partial charge on any atom is -0.298 e. The van der Waals surface area contributed by atoms with Gasteiger partial charge in [0.2, 0.25) is 0 Å². The Hall–Kier alpha value is -1.13. The van der Waals surface area contributed by atoms with Gasteiger partial charge in [-0.2, -0.15) is 5.10 Å². The topological polar surface area (TPSA) is 33.4 Å². The van der Waals surface area contributed by atoms with Gasteiger partial charge in [-0.1, -0.05) is 24.4 Å². The van der Waals surface area contributed by atoms with Gasteiger partial charge < -0.3 is 0 Å². The molecule has 1 atom stereocenters. The second kappa shape index (κ2) is 5.25. The molecule has 5 heteroatoms. The predicted octanol–water partition coefficient (Wildman–Crippen LogP) is 3.81. The molecule has 1 unspecified atom stereocenters. The lowest BCUT2D eigenvalue weighted by atomic mass is 9.83. The van der Waals surface area contributed by atoms with E-state index in [9.17, 15) is 0 Å². The van der Waals surface area contributed by atoms with Crippen LogP contribution in [-0.2, 0) is 0 Å². The van der Waals surface area contributed by atoms with E-state index in [-0.39, 0.29) is 0 Å². The van der Waals surface area contributed by atoms with Gasteiger partial charge in [0.05, 0.1) is 11.7 Å². The van der Waals surface area contributed by atoms with E-state index in [0.717, 1.165) is 23.6 Å². The van der Waals surface area contributed by atoms with Gasteiger partial charge >= 0.3 is 0 Å². The molecular weight excluding hydrogens is 284 g/mol. The van der Waals surface area contributed by atoms with E-state index >= 15 is 0 Å². The van der Waals surface area contributed by atoms with E-state index in [1.807, 2.05) is 6.07 Å². The first kappa shape index (κ1) is 13.5. The van der Waals surface area contributed by atoms with Crippen LogP contribution in [-0.4, -0.2) is 33.1 Å². The summed E-state index contributed by atoms with van der Waals surface area (Å²) in [5.74, 6) is 0.600. The standard InChI is InChI=1S/C16H21ClN4/c1-20-8-3-2-7-14(20)13-10-16-18-12(11-5-4-6-11)9-15(17)21(16)19-13/h9-11,14H,2-8H2,1H3. The van der Waals surface area contributed by atoms with Crippen LogP contribution in [0.5, 0.6) is 0 Å². The van der Waals surface area contributed by atoms with Crippen molar-refractivity contribution in [3.63, 3.8) is 0 Å². The molecule has 0 N–H and O–H groups in total. The molecule has 2 aromatic heterocycles. The number of likely N-dealkylation sites (tertiary alicyclic amines) is 1. The van der Waals surface area contributed by atoms with Crippen LogP contribution in [0.1, 0.15) is 61.9 Å². The molecule has 0 bridgehead atoms. The van der Waals surface area contributed by atoms with Gasteiger partial charge in [0.25, 0.3) is 0 Å². The highest BCUT2D eigenvalue weighted by Crippen LogP contribution is 2.37. The molecule has 0 radical (unpaired) electrons. The molecule has 1 saturated carbocycles. The fraction of sp³-hybridized carbons (Fsp3) is 0.625. The van der Waals surface area contributed by atoms with Crippen molar-refractivity contribution in [2.24, 2.45) is 0 Å². The molecule has 0 spiro atoms. The Morgan fingerprint density at radius 2 is 1.95 bits per heavy atom. The minimum absolute atomic E-state index is 0.406. The molecule has 4 nitrogen and oxygen atoms in total. The minimum atomic E-state index is 0.406. The third-order valence-electron chi connectivity index (χ3n) is 5.06. The van der Waals surface area contributed by atoms with Crippen LogP contribution >= 0.6 is 11.6 Å². The fourth-order valence-electron chi connectivity index (χ4n) is 3.50. The monoisotopic (exact) mass is 304 g/mol. The summed E-state index contributed by atoms with van der Waals surface area (Å²) in [4.78, 5) is 7.19. The number of nitrogens with zero attached hydrogens (tertiary/aromatic N) is 4. The highest BCUT2D eigenvalue weighted by Gasteiger charge is 2.25. The quantitative estimate of drug-likeness (QED) is 0.791. The number of hydrogen-bond acceptors (Lipinski definition) is 3. The highest BCUT2D eigenvalue weighted by atomic mass is 35.5. The zero-order chi connectivity index (χ0) is 14.4. The van der Waals surface area contributed by atoms with Crippen LogP contribution in [0.2, 0.25) is 5.15 Å². The first-order valence-corrected chi connectivity index (χ1v) is 8.36. The van der Waals surface area contributed by atoms with Crippen molar-refractivity contribution in [1.82, 2.24) is 19.5 Å². The number of fused-ring (bicyclic) bond motifs is 1. The average molecular weight is 305 g/mol. The van der Waals surface area contributed by atoms with Crippen molar-refractivity contribution in [2.45, 2.75) is 50.5 Å². The summed E-state index contributed by atoms with van der Waals surface area (Å²) in [7, 11) is 2.18. The van der Waals surface area contributed by atoms with Gasteiger partial charge in [-0.15, -0.1) is 0 Å². The lowest BCUT2D eigenvalue weighted by Crippen LogP contribution is -2.29. The third-order valence-corrected chi connectivity index (χ3v) is 5.33. The smallest absolute Gasteiger partial charge is 0.157 e. The van der Waals surface area contributed by atoms with Gasteiger partial charge in [-0.3, -0.25) is 4.90 Å². The van der Waals surface area contributed by atoms with Crippen molar-refractivity contribution in [1.29, 1.82) is 0 Å². The second-order valence-electron chi connectivity index (χ2n) is 6.46. The Morgan fingerprint density at radius 1 is 1.10 bits per heavy atom. The number of rotatable bonds is 2. The van der Waals surface area contributed by atoms with Crippen LogP contribution in [0.15, 0.2) is 12.1 Å². The molecule has 1 aliphatic carbocycles. The van der Waals surface area contributed by atoms with E-state index < -0.39 is 0 Å². The molecule has 0 amide bonds. The molecule has 112 valence electrons. The van der Waals surface area contributed by atoms with Gasteiger partial charge in [0.15, 0.2) is 5.65 Å². The summed E-state index contributed by atoms with van der Waals surface area (Å²) in [5, 5.41) is 5.40. The molecule has 0 aromatic carbocycles. The summed E-state index contributed by atoms with van der Waals surface area (Å²) in [6.45, 7) is 1.15. The van der Waals surface area contributed by atoms with E-state index in [1.165, 1.54) is 38.5 Å². The number of hydrogen-bond donors (Lipinski definition) is 0. The molecule has 2 aliphatic rings. The maximum Gasteiger partial charge on any atom is 0.157 e. The third kappa shape index (κ3) is 2.34. The molecule has 1 aliphatic heterocycles. The van der Waals surface area contributed by atoms with Gasteiger partial charge in [0.1, 0.15) is 5.15 Å². The van der Waals surface area contributed by atoms with Crippen LogP contribution in [0.3, 0.4) is 0 Å². The zero-order valence-corrected chi connectivity index (χ0v) is 13.2.